The fraction of sp³-hybridized carbons (Fsp3) is 0.133. The minimum atomic E-state index is -1.08. The fourth-order valence-corrected chi connectivity index (χ4v) is 1.69. The molecule has 5 heteroatoms. The summed E-state index contributed by atoms with van der Waals surface area (Å²) in [6.07, 6.45) is 3.85. The second-order valence-corrected chi connectivity index (χ2v) is 4.14. The molecule has 4 nitrogen and oxygen atoms in total. The summed E-state index contributed by atoms with van der Waals surface area (Å²) in [5.41, 5.74) is 1.10. The van der Waals surface area contributed by atoms with Gasteiger partial charge in [-0.1, -0.05) is 0 Å². The Hall–Kier alpha value is -2.40. The molecule has 0 bridgehead atoms. The summed E-state index contributed by atoms with van der Waals surface area (Å²) < 4.78 is 23.9. The number of hydrogen-bond acceptors (Lipinski definition) is 3. The third-order valence-corrected chi connectivity index (χ3v) is 2.49. The summed E-state index contributed by atoms with van der Waals surface area (Å²) in [7, 11) is 0. The lowest BCUT2D eigenvalue weighted by Crippen LogP contribution is -1.95. The van der Waals surface area contributed by atoms with Crippen LogP contribution in [0.3, 0.4) is 0 Å². The summed E-state index contributed by atoms with van der Waals surface area (Å²) >= 11 is 0. The molecule has 20 heavy (non-hydrogen) atoms. The first-order valence-electron chi connectivity index (χ1n) is 5.94. The maximum absolute atomic E-state index is 13.4. The average Bonchev–Trinajstić information content (AvgIpc) is 2.89. The van der Waals surface area contributed by atoms with Gasteiger partial charge in [-0.25, -0.2) is 9.18 Å². The van der Waals surface area contributed by atoms with Crippen molar-refractivity contribution in [3.8, 4) is 0 Å². The van der Waals surface area contributed by atoms with E-state index in [-0.39, 0.29) is 6.61 Å². The number of carboxylic acid groups (broad SMARTS) is 1. The van der Waals surface area contributed by atoms with Gasteiger partial charge in [0.15, 0.2) is 0 Å². The van der Waals surface area contributed by atoms with E-state index in [2.05, 4.69) is 0 Å². The average molecular weight is 276 g/mol. The highest BCUT2D eigenvalue weighted by molar-refractivity contribution is 5.85. The number of carbonyl (C=O) groups is 1. The van der Waals surface area contributed by atoms with Crippen molar-refractivity contribution in [2.45, 2.75) is 13.2 Å². The summed E-state index contributed by atoms with van der Waals surface area (Å²) in [5, 5.41) is 8.54. The van der Waals surface area contributed by atoms with Crippen molar-refractivity contribution in [2.75, 3.05) is 0 Å². The number of halogens is 1. The van der Waals surface area contributed by atoms with Crippen LogP contribution in [0.4, 0.5) is 4.39 Å². The number of furan rings is 1. The van der Waals surface area contributed by atoms with E-state index < -0.39 is 11.8 Å². The van der Waals surface area contributed by atoms with Gasteiger partial charge < -0.3 is 14.3 Å². The number of rotatable bonds is 6. The van der Waals surface area contributed by atoms with Crippen LogP contribution in [0.5, 0.6) is 0 Å². The van der Waals surface area contributed by atoms with Crippen molar-refractivity contribution in [3.63, 3.8) is 0 Å². The van der Waals surface area contributed by atoms with Crippen molar-refractivity contribution >= 4 is 12.0 Å². The molecular weight excluding hydrogens is 263 g/mol. The van der Waals surface area contributed by atoms with E-state index in [1.54, 1.807) is 24.5 Å². The summed E-state index contributed by atoms with van der Waals surface area (Å²) in [5.74, 6) is -0.827. The molecule has 1 N–H and O–H groups in total. The van der Waals surface area contributed by atoms with E-state index >= 15 is 0 Å². The minimum absolute atomic E-state index is 0.215. The van der Waals surface area contributed by atoms with E-state index in [9.17, 15) is 9.18 Å². The molecule has 0 radical (unpaired) electrons. The molecule has 0 aliphatic carbocycles. The van der Waals surface area contributed by atoms with Gasteiger partial charge in [-0.15, -0.1) is 0 Å². The lowest BCUT2D eigenvalue weighted by molar-refractivity contribution is -0.131. The first kappa shape index (κ1) is 14.0. The lowest BCUT2D eigenvalue weighted by Gasteiger charge is -2.04. The number of benzene rings is 1. The Morgan fingerprint density at radius 3 is 2.90 bits per heavy atom. The standard InChI is InChI=1S/C15H13FO4/c16-13-7-11(3-4-15(17)18)6-12(8-13)9-19-10-14-2-1-5-20-14/h1-8H,9-10H2,(H,17,18). The van der Waals surface area contributed by atoms with Gasteiger partial charge in [0.2, 0.25) is 0 Å². The normalized spacial score (nSPS) is 11.1. The maximum atomic E-state index is 13.4. The van der Waals surface area contributed by atoms with Crippen LogP contribution in [0.25, 0.3) is 6.08 Å². The van der Waals surface area contributed by atoms with Crippen LogP contribution in [0, 0.1) is 5.82 Å². The Balaban J connectivity index is 1.98. The fourth-order valence-electron chi connectivity index (χ4n) is 1.69. The maximum Gasteiger partial charge on any atom is 0.328 e. The van der Waals surface area contributed by atoms with Gasteiger partial charge in [-0.05, 0) is 47.5 Å². The van der Waals surface area contributed by atoms with Crippen LogP contribution in [0.1, 0.15) is 16.9 Å². The molecule has 0 spiro atoms. The predicted molar refractivity (Wildman–Crippen MR) is 70.3 cm³/mol. The van der Waals surface area contributed by atoms with Crippen molar-refractivity contribution in [1.82, 2.24) is 0 Å². The van der Waals surface area contributed by atoms with Crippen LogP contribution in [-0.2, 0) is 22.7 Å². The van der Waals surface area contributed by atoms with Crippen LogP contribution < -0.4 is 0 Å². The molecular formula is C15H13FO4. The number of aliphatic carboxylic acids is 1. The predicted octanol–water partition coefficient (Wildman–Crippen LogP) is 3.23. The second-order valence-electron chi connectivity index (χ2n) is 4.14. The summed E-state index contributed by atoms with van der Waals surface area (Å²) in [6.45, 7) is 0.510. The lowest BCUT2D eigenvalue weighted by atomic mass is 10.1. The quantitative estimate of drug-likeness (QED) is 0.823. The van der Waals surface area contributed by atoms with Gasteiger partial charge in [0.25, 0.3) is 0 Å². The van der Waals surface area contributed by atoms with Gasteiger partial charge in [-0.2, -0.15) is 0 Å². The molecule has 0 aliphatic heterocycles. The number of ether oxygens (including phenoxy) is 1. The van der Waals surface area contributed by atoms with E-state index in [0.29, 0.717) is 23.5 Å². The van der Waals surface area contributed by atoms with Crippen molar-refractivity contribution in [2.24, 2.45) is 0 Å². The Kier molecular flexibility index (Phi) is 4.68. The van der Waals surface area contributed by atoms with E-state index in [1.807, 2.05) is 0 Å². The zero-order chi connectivity index (χ0) is 14.4. The van der Waals surface area contributed by atoms with Crippen molar-refractivity contribution in [1.29, 1.82) is 0 Å². The molecule has 0 unspecified atom stereocenters. The van der Waals surface area contributed by atoms with Gasteiger partial charge in [-0.3, -0.25) is 0 Å². The third-order valence-electron chi connectivity index (χ3n) is 2.49. The third kappa shape index (κ3) is 4.37. The van der Waals surface area contributed by atoms with Gasteiger partial charge in [0.05, 0.1) is 12.9 Å². The molecule has 1 aromatic carbocycles. The zero-order valence-corrected chi connectivity index (χ0v) is 10.6. The van der Waals surface area contributed by atoms with Gasteiger partial charge in [0, 0.05) is 6.08 Å². The summed E-state index contributed by atoms with van der Waals surface area (Å²) in [4.78, 5) is 10.4. The molecule has 2 rings (SSSR count). The second kappa shape index (κ2) is 6.68. The van der Waals surface area contributed by atoms with Crippen LogP contribution >= 0.6 is 0 Å². The molecule has 0 atom stereocenters. The minimum Gasteiger partial charge on any atom is -0.478 e. The Bertz CT molecular complexity index is 602. The number of hydrogen-bond donors (Lipinski definition) is 1. The van der Waals surface area contributed by atoms with Crippen molar-refractivity contribution in [3.05, 3.63) is 65.4 Å². The highest BCUT2D eigenvalue weighted by atomic mass is 19.1. The van der Waals surface area contributed by atoms with Gasteiger partial charge in [0.1, 0.15) is 18.2 Å². The number of carboxylic acids is 1. The Morgan fingerprint density at radius 1 is 1.35 bits per heavy atom. The topological polar surface area (TPSA) is 59.7 Å². The monoisotopic (exact) mass is 276 g/mol. The molecule has 0 saturated heterocycles. The van der Waals surface area contributed by atoms with Gasteiger partial charge >= 0.3 is 5.97 Å². The molecule has 0 aliphatic rings. The smallest absolute Gasteiger partial charge is 0.328 e. The van der Waals surface area contributed by atoms with E-state index in [1.165, 1.54) is 18.2 Å². The molecule has 0 fully saturated rings. The van der Waals surface area contributed by atoms with Crippen LogP contribution in [0.2, 0.25) is 0 Å². The largest absolute Gasteiger partial charge is 0.478 e. The van der Waals surface area contributed by atoms with Crippen LogP contribution in [-0.4, -0.2) is 11.1 Å². The molecule has 1 aromatic heterocycles. The molecule has 0 saturated carbocycles. The summed E-state index contributed by atoms with van der Waals surface area (Å²) in [6, 6.07) is 7.82. The molecule has 2 aromatic rings. The zero-order valence-electron chi connectivity index (χ0n) is 10.6. The Morgan fingerprint density at radius 2 is 2.20 bits per heavy atom. The van der Waals surface area contributed by atoms with E-state index in [0.717, 1.165) is 6.08 Å². The SMILES string of the molecule is O=C(O)C=Cc1cc(F)cc(COCc2ccco2)c1. The molecule has 1 heterocycles. The first-order valence-corrected chi connectivity index (χ1v) is 5.94. The molecule has 104 valence electrons. The van der Waals surface area contributed by atoms with E-state index in [4.69, 9.17) is 14.3 Å². The molecule has 0 amide bonds. The highest BCUT2D eigenvalue weighted by Gasteiger charge is 2.01. The first-order chi connectivity index (χ1) is 9.63. The van der Waals surface area contributed by atoms with Crippen molar-refractivity contribution < 1.29 is 23.4 Å². The Labute approximate surface area is 115 Å². The highest BCUT2D eigenvalue weighted by Crippen LogP contribution is 2.13. The van der Waals surface area contributed by atoms with Crippen LogP contribution in [0.15, 0.2) is 47.1 Å².